The summed E-state index contributed by atoms with van der Waals surface area (Å²) in [5.74, 6) is 0.870. The summed E-state index contributed by atoms with van der Waals surface area (Å²) in [6.07, 6.45) is 3.76. The Balaban J connectivity index is 2.01. The minimum Gasteiger partial charge on any atom is -0.383 e. The molecular formula is C11H16N4OS. The Morgan fingerprint density at radius 1 is 1.47 bits per heavy atom. The predicted octanol–water partition coefficient (Wildman–Crippen LogP) is 1.75. The first-order valence-corrected chi connectivity index (χ1v) is 6.32. The Bertz CT molecular complexity index is 465. The van der Waals surface area contributed by atoms with Crippen molar-refractivity contribution < 1.29 is 4.74 Å². The first-order valence-electron chi connectivity index (χ1n) is 5.44. The fourth-order valence-electron chi connectivity index (χ4n) is 1.50. The van der Waals surface area contributed by atoms with Gasteiger partial charge in [0.25, 0.3) is 0 Å². The fourth-order valence-corrected chi connectivity index (χ4v) is 2.28. The van der Waals surface area contributed by atoms with Crippen LogP contribution in [0, 0.1) is 6.92 Å². The van der Waals surface area contributed by atoms with Crippen LogP contribution >= 0.6 is 11.3 Å². The van der Waals surface area contributed by atoms with Crippen LogP contribution in [-0.4, -0.2) is 34.8 Å². The molecule has 2 aromatic rings. The van der Waals surface area contributed by atoms with Crippen molar-refractivity contribution in [3.05, 3.63) is 28.5 Å². The molecule has 2 rings (SSSR count). The number of nitrogens with one attached hydrogen (secondary N) is 1. The van der Waals surface area contributed by atoms with Crippen molar-refractivity contribution in [1.82, 2.24) is 14.5 Å². The summed E-state index contributed by atoms with van der Waals surface area (Å²) in [4.78, 5) is 9.79. The second-order valence-electron chi connectivity index (χ2n) is 3.66. The topological polar surface area (TPSA) is 52.0 Å². The van der Waals surface area contributed by atoms with Crippen LogP contribution < -0.4 is 5.32 Å². The number of hydrogen-bond acceptors (Lipinski definition) is 5. The Kier molecular flexibility index (Phi) is 4.11. The highest BCUT2D eigenvalue weighted by Gasteiger charge is 2.06. The summed E-state index contributed by atoms with van der Waals surface area (Å²) in [5, 5.41) is 3.24. The van der Waals surface area contributed by atoms with Crippen LogP contribution in [-0.2, 0) is 11.3 Å². The van der Waals surface area contributed by atoms with Crippen molar-refractivity contribution in [3.8, 4) is 0 Å². The molecule has 1 N–H and O–H groups in total. The number of hydrogen-bond donors (Lipinski definition) is 1. The zero-order chi connectivity index (χ0) is 12.1. The summed E-state index contributed by atoms with van der Waals surface area (Å²) in [7, 11) is 1.69. The number of nitrogens with zero attached hydrogens (tertiary/aromatic N) is 3. The Labute approximate surface area is 104 Å². The van der Waals surface area contributed by atoms with Crippen LogP contribution in [0.5, 0.6) is 0 Å². The van der Waals surface area contributed by atoms with Crippen molar-refractivity contribution in [1.29, 1.82) is 0 Å². The van der Waals surface area contributed by atoms with E-state index in [9.17, 15) is 0 Å². The third kappa shape index (κ3) is 3.04. The first kappa shape index (κ1) is 12.1. The van der Waals surface area contributed by atoms with E-state index in [-0.39, 0.29) is 0 Å². The van der Waals surface area contributed by atoms with Gasteiger partial charge in [-0.3, -0.25) is 0 Å². The second-order valence-corrected chi connectivity index (χ2v) is 4.60. The van der Waals surface area contributed by atoms with E-state index in [1.165, 1.54) is 4.88 Å². The Hall–Kier alpha value is -1.40. The smallest absolute Gasteiger partial charge is 0.203 e. The van der Waals surface area contributed by atoms with E-state index >= 15 is 0 Å². The van der Waals surface area contributed by atoms with Crippen LogP contribution in [0.1, 0.15) is 10.6 Å². The molecule has 0 amide bonds. The molecule has 2 aromatic heterocycles. The van der Waals surface area contributed by atoms with Gasteiger partial charge in [-0.05, 0) is 6.92 Å². The molecule has 0 saturated carbocycles. The maximum Gasteiger partial charge on any atom is 0.203 e. The van der Waals surface area contributed by atoms with Gasteiger partial charge in [-0.2, -0.15) is 0 Å². The number of rotatable bonds is 6. The zero-order valence-corrected chi connectivity index (χ0v) is 10.8. The molecule has 6 heteroatoms. The second kappa shape index (κ2) is 5.79. The number of aryl methyl sites for hydroxylation is 1. The Morgan fingerprint density at radius 2 is 2.35 bits per heavy atom. The lowest BCUT2D eigenvalue weighted by atomic mass is 10.4. The summed E-state index contributed by atoms with van der Waals surface area (Å²) in [5.41, 5.74) is 2.96. The van der Waals surface area contributed by atoms with E-state index in [1.807, 2.05) is 18.6 Å². The van der Waals surface area contributed by atoms with Gasteiger partial charge in [0, 0.05) is 30.9 Å². The SMILES string of the molecule is COCCNc1nccn1Cc1scnc1C. The summed E-state index contributed by atoms with van der Waals surface area (Å²) in [6, 6.07) is 0. The highest BCUT2D eigenvalue weighted by molar-refractivity contribution is 7.09. The number of imidazole rings is 1. The van der Waals surface area contributed by atoms with Crippen LogP contribution in [0.15, 0.2) is 17.9 Å². The summed E-state index contributed by atoms with van der Waals surface area (Å²) >= 11 is 1.67. The predicted molar refractivity (Wildman–Crippen MR) is 68.5 cm³/mol. The molecule has 0 bridgehead atoms. The zero-order valence-electron chi connectivity index (χ0n) is 10.0. The highest BCUT2D eigenvalue weighted by atomic mass is 32.1. The summed E-state index contributed by atoms with van der Waals surface area (Å²) in [6.45, 7) is 4.27. The van der Waals surface area contributed by atoms with Crippen molar-refractivity contribution in [2.45, 2.75) is 13.5 Å². The van der Waals surface area contributed by atoms with Crippen molar-refractivity contribution >= 4 is 17.3 Å². The standard InChI is InChI=1S/C11H16N4OS/c1-9-10(17-8-14-9)7-15-5-3-12-11(15)13-4-6-16-2/h3,5,8H,4,6-7H2,1-2H3,(H,12,13). The normalized spacial score (nSPS) is 10.7. The van der Waals surface area contributed by atoms with Crippen molar-refractivity contribution in [2.24, 2.45) is 0 Å². The monoisotopic (exact) mass is 252 g/mol. The molecule has 0 fully saturated rings. The Morgan fingerprint density at radius 3 is 3.06 bits per heavy atom. The van der Waals surface area contributed by atoms with E-state index in [0.717, 1.165) is 24.7 Å². The number of anilines is 1. The van der Waals surface area contributed by atoms with Gasteiger partial charge < -0.3 is 14.6 Å². The van der Waals surface area contributed by atoms with Crippen molar-refractivity contribution in [2.75, 3.05) is 25.6 Å². The quantitative estimate of drug-likeness (QED) is 0.796. The maximum absolute atomic E-state index is 5.00. The molecule has 2 heterocycles. The number of methoxy groups -OCH3 is 1. The molecule has 0 aromatic carbocycles. The molecule has 0 aliphatic heterocycles. The van der Waals surface area contributed by atoms with Gasteiger partial charge >= 0.3 is 0 Å². The van der Waals surface area contributed by atoms with Crippen LogP contribution in [0.2, 0.25) is 0 Å². The lowest BCUT2D eigenvalue weighted by molar-refractivity contribution is 0.210. The van der Waals surface area contributed by atoms with Gasteiger partial charge in [0.1, 0.15) is 0 Å². The van der Waals surface area contributed by atoms with Gasteiger partial charge in [-0.1, -0.05) is 0 Å². The average molecular weight is 252 g/mol. The minimum atomic E-state index is 0.673. The van der Waals surface area contributed by atoms with E-state index in [1.54, 1.807) is 24.6 Å². The fraction of sp³-hybridized carbons (Fsp3) is 0.455. The molecular weight excluding hydrogens is 236 g/mol. The van der Waals surface area contributed by atoms with Gasteiger partial charge in [-0.15, -0.1) is 11.3 Å². The van der Waals surface area contributed by atoms with E-state index in [0.29, 0.717) is 6.61 Å². The van der Waals surface area contributed by atoms with Gasteiger partial charge in [0.15, 0.2) is 0 Å². The molecule has 0 saturated heterocycles. The van der Waals surface area contributed by atoms with E-state index < -0.39 is 0 Å². The van der Waals surface area contributed by atoms with Gasteiger partial charge in [0.05, 0.1) is 24.4 Å². The van der Waals surface area contributed by atoms with Gasteiger partial charge in [-0.25, -0.2) is 9.97 Å². The minimum absolute atomic E-state index is 0.673. The van der Waals surface area contributed by atoms with Crippen LogP contribution in [0.3, 0.4) is 0 Å². The molecule has 0 spiro atoms. The molecule has 17 heavy (non-hydrogen) atoms. The number of aromatic nitrogens is 3. The molecule has 0 aliphatic rings. The molecule has 0 radical (unpaired) electrons. The number of thiazole rings is 1. The van der Waals surface area contributed by atoms with Crippen LogP contribution in [0.4, 0.5) is 5.95 Å². The van der Waals surface area contributed by atoms with Crippen molar-refractivity contribution in [3.63, 3.8) is 0 Å². The number of ether oxygens (including phenoxy) is 1. The van der Waals surface area contributed by atoms with Gasteiger partial charge in [0.2, 0.25) is 5.95 Å². The van der Waals surface area contributed by atoms with E-state index in [2.05, 4.69) is 19.9 Å². The largest absolute Gasteiger partial charge is 0.383 e. The lowest BCUT2D eigenvalue weighted by Crippen LogP contribution is -2.12. The van der Waals surface area contributed by atoms with E-state index in [4.69, 9.17) is 4.74 Å². The van der Waals surface area contributed by atoms with Crippen LogP contribution in [0.25, 0.3) is 0 Å². The maximum atomic E-state index is 5.00. The average Bonchev–Trinajstić information content (AvgIpc) is 2.91. The molecule has 5 nitrogen and oxygen atoms in total. The summed E-state index contributed by atoms with van der Waals surface area (Å²) < 4.78 is 7.08. The first-order chi connectivity index (χ1) is 8.31. The molecule has 0 atom stereocenters. The lowest BCUT2D eigenvalue weighted by Gasteiger charge is -2.08. The highest BCUT2D eigenvalue weighted by Crippen LogP contribution is 2.16. The third-order valence-corrected chi connectivity index (χ3v) is 3.38. The molecule has 0 unspecified atom stereocenters. The third-order valence-electron chi connectivity index (χ3n) is 2.46. The molecule has 92 valence electrons. The molecule has 0 aliphatic carbocycles.